The van der Waals surface area contributed by atoms with Crippen LogP contribution >= 0.6 is 0 Å². The number of benzene rings is 1. The molecule has 0 saturated heterocycles. The van der Waals surface area contributed by atoms with Crippen molar-refractivity contribution in [3.63, 3.8) is 0 Å². The van der Waals surface area contributed by atoms with Gasteiger partial charge in [-0.2, -0.15) is 13.9 Å². The van der Waals surface area contributed by atoms with E-state index in [0.29, 0.717) is 11.4 Å². The van der Waals surface area contributed by atoms with Crippen molar-refractivity contribution >= 4 is 27.0 Å². The fourth-order valence-corrected chi connectivity index (χ4v) is 3.81. The predicted octanol–water partition coefficient (Wildman–Crippen LogP) is 3.33. The molecule has 0 radical (unpaired) electrons. The fourth-order valence-electron chi connectivity index (χ4n) is 3.05. The molecule has 3 aromatic heterocycles. The molecule has 4 aromatic rings. The summed E-state index contributed by atoms with van der Waals surface area (Å²) in [5.74, 6) is -5.08. The number of aromatic amines is 1. The first-order chi connectivity index (χ1) is 14.5. The average molecular weight is 450 g/mol. The minimum absolute atomic E-state index is 0.0121. The van der Waals surface area contributed by atoms with Crippen LogP contribution in [0.15, 0.2) is 42.6 Å². The molecule has 1 aromatic carbocycles. The van der Waals surface area contributed by atoms with Crippen LogP contribution in [0.1, 0.15) is 22.6 Å². The van der Waals surface area contributed by atoms with Gasteiger partial charge in [-0.15, -0.1) is 5.10 Å². The first-order valence-electron chi connectivity index (χ1n) is 9.02. The lowest BCUT2D eigenvalue weighted by atomic mass is 10.1. The van der Waals surface area contributed by atoms with Gasteiger partial charge < -0.3 is 5.32 Å². The van der Waals surface area contributed by atoms with E-state index in [2.05, 4.69) is 25.6 Å². The van der Waals surface area contributed by atoms with Crippen LogP contribution in [0.4, 0.5) is 24.8 Å². The second-order valence-corrected chi connectivity index (χ2v) is 9.31. The van der Waals surface area contributed by atoms with Gasteiger partial charge in [0.25, 0.3) is 0 Å². The molecule has 0 saturated carbocycles. The number of halogens is 3. The summed E-state index contributed by atoms with van der Waals surface area (Å²) in [6, 6.07) is 6.91. The molecule has 2 N–H and O–H groups in total. The van der Waals surface area contributed by atoms with Crippen LogP contribution in [0.5, 0.6) is 0 Å². The maximum Gasteiger partial charge on any atom is 0.333 e. The smallest absolute Gasteiger partial charge is 0.322 e. The number of aromatic nitrogens is 5. The normalized spacial score (nSPS) is 12.4. The molecule has 0 spiro atoms. The number of H-pyrrole nitrogens is 1. The van der Waals surface area contributed by atoms with Crippen molar-refractivity contribution in [1.29, 1.82) is 0 Å². The van der Waals surface area contributed by atoms with E-state index >= 15 is 8.78 Å². The summed E-state index contributed by atoms with van der Waals surface area (Å²) in [7, 11) is -3.36. The van der Waals surface area contributed by atoms with E-state index in [4.69, 9.17) is 0 Å². The number of nitrogens with one attached hydrogen (secondary N) is 2. The van der Waals surface area contributed by atoms with Gasteiger partial charge >= 0.3 is 5.92 Å². The molecule has 0 unspecified atom stereocenters. The van der Waals surface area contributed by atoms with E-state index in [1.807, 2.05) is 0 Å². The molecule has 31 heavy (non-hydrogen) atoms. The summed E-state index contributed by atoms with van der Waals surface area (Å²) in [6.07, 6.45) is 2.42. The molecule has 8 nitrogen and oxygen atoms in total. The maximum atomic E-state index is 15.1. The Hall–Kier alpha value is -3.41. The van der Waals surface area contributed by atoms with Crippen molar-refractivity contribution in [2.45, 2.75) is 18.6 Å². The molecule has 0 aliphatic carbocycles. The van der Waals surface area contributed by atoms with Crippen molar-refractivity contribution in [1.82, 2.24) is 24.8 Å². The lowest BCUT2D eigenvalue weighted by Gasteiger charge is -2.16. The highest BCUT2D eigenvalue weighted by Gasteiger charge is 2.39. The summed E-state index contributed by atoms with van der Waals surface area (Å²) >= 11 is 0. The Morgan fingerprint density at radius 3 is 2.52 bits per heavy atom. The second kappa shape index (κ2) is 7.38. The minimum atomic E-state index is -3.64. The lowest BCUT2D eigenvalue weighted by Crippen LogP contribution is -2.21. The molecular weight excluding hydrogens is 433 g/mol. The van der Waals surface area contributed by atoms with Gasteiger partial charge in [-0.1, -0.05) is 0 Å². The van der Waals surface area contributed by atoms with Crippen LogP contribution in [0, 0.1) is 12.7 Å². The van der Waals surface area contributed by atoms with E-state index < -0.39 is 33.0 Å². The number of rotatable bonds is 6. The van der Waals surface area contributed by atoms with Crippen LogP contribution in [0.3, 0.4) is 0 Å². The number of hydrogen-bond acceptors (Lipinski definition) is 6. The molecule has 3 heterocycles. The van der Waals surface area contributed by atoms with Crippen LogP contribution in [0.25, 0.3) is 5.52 Å². The van der Waals surface area contributed by atoms with Gasteiger partial charge in [-0.25, -0.2) is 22.3 Å². The minimum Gasteiger partial charge on any atom is -0.322 e. The van der Waals surface area contributed by atoms with Crippen LogP contribution < -0.4 is 5.32 Å². The molecule has 0 atom stereocenters. The molecule has 0 bridgehead atoms. The van der Waals surface area contributed by atoms with Gasteiger partial charge in [0.05, 0.1) is 5.75 Å². The zero-order chi connectivity index (χ0) is 22.4. The number of alkyl halides is 2. The van der Waals surface area contributed by atoms with Gasteiger partial charge in [0.2, 0.25) is 5.82 Å². The quantitative estimate of drug-likeness (QED) is 0.467. The third kappa shape index (κ3) is 4.38. The monoisotopic (exact) mass is 450 g/mol. The number of nitrogens with zero attached hydrogens (tertiary/aromatic N) is 4. The number of hydrogen-bond donors (Lipinski definition) is 2. The zero-order valence-electron chi connectivity index (χ0n) is 16.4. The second-order valence-electron chi connectivity index (χ2n) is 7.17. The third-order valence-corrected chi connectivity index (χ3v) is 5.25. The Morgan fingerprint density at radius 1 is 1.19 bits per heavy atom. The summed E-state index contributed by atoms with van der Waals surface area (Å²) in [4.78, 5) is 4.00. The molecule has 0 aliphatic heterocycles. The number of sulfone groups is 1. The van der Waals surface area contributed by atoms with E-state index in [1.165, 1.54) is 12.3 Å². The number of aryl methyl sites for hydroxylation is 1. The standard InChI is InChI=1S/C19H17F3N6O2S/c1-11-7-16(26-25-11)23-17-15-8-12(10-31(2,29)30)9-28(15)27-18(24-17)19(21,22)13-3-5-14(20)6-4-13/h3-9H,10H2,1-2H3,(H2,23,24,25,26,27). The first-order valence-corrected chi connectivity index (χ1v) is 11.1. The van der Waals surface area contributed by atoms with Gasteiger partial charge in [-0.05, 0) is 42.8 Å². The predicted molar refractivity (Wildman–Crippen MR) is 108 cm³/mol. The average Bonchev–Trinajstić information content (AvgIpc) is 3.26. The third-order valence-electron chi connectivity index (χ3n) is 4.39. The molecule has 12 heteroatoms. The summed E-state index contributed by atoms with van der Waals surface area (Å²) < 4.78 is 67.9. The van der Waals surface area contributed by atoms with Crippen LogP contribution in [-0.2, 0) is 21.5 Å². The van der Waals surface area contributed by atoms with Crippen molar-refractivity contribution in [2.75, 3.05) is 11.6 Å². The Bertz CT molecular complexity index is 1360. The molecule has 0 amide bonds. The van der Waals surface area contributed by atoms with Gasteiger partial charge in [0, 0.05) is 29.8 Å². The molecule has 162 valence electrons. The fraction of sp³-hybridized carbons (Fsp3) is 0.211. The highest BCUT2D eigenvalue weighted by atomic mass is 32.2. The van der Waals surface area contributed by atoms with Crippen LogP contribution in [0.2, 0.25) is 0 Å². The van der Waals surface area contributed by atoms with Gasteiger partial charge in [-0.3, -0.25) is 5.10 Å². The largest absolute Gasteiger partial charge is 0.333 e. The Labute approximate surface area is 175 Å². The summed E-state index contributed by atoms with van der Waals surface area (Å²) in [6.45, 7) is 1.77. The van der Waals surface area contributed by atoms with E-state index in [0.717, 1.165) is 40.7 Å². The lowest BCUT2D eigenvalue weighted by molar-refractivity contribution is 0.0315. The molecule has 4 rings (SSSR count). The Balaban J connectivity index is 1.86. The highest BCUT2D eigenvalue weighted by molar-refractivity contribution is 7.89. The number of fused-ring (bicyclic) bond motifs is 1. The first kappa shape index (κ1) is 20.8. The van der Waals surface area contributed by atoms with E-state index in [1.54, 1.807) is 13.0 Å². The highest BCUT2D eigenvalue weighted by Crippen LogP contribution is 2.35. The Morgan fingerprint density at radius 2 is 1.90 bits per heavy atom. The molecule has 0 fully saturated rings. The van der Waals surface area contributed by atoms with Crippen molar-refractivity contribution in [3.05, 3.63) is 71.1 Å². The van der Waals surface area contributed by atoms with Crippen molar-refractivity contribution in [3.8, 4) is 0 Å². The van der Waals surface area contributed by atoms with Crippen molar-refractivity contribution in [2.24, 2.45) is 0 Å². The number of anilines is 2. The molecular formula is C19H17F3N6O2S. The Kier molecular flexibility index (Phi) is 4.96. The SMILES string of the molecule is Cc1cc(Nc2nc(C(F)(F)c3ccc(F)cc3)nn3cc(CS(C)(=O)=O)cc23)n[nH]1. The van der Waals surface area contributed by atoms with Gasteiger partial charge in [0.1, 0.15) is 11.3 Å². The van der Waals surface area contributed by atoms with E-state index in [-0.39, 0.29) is 17.1 Å². The van der Waals surface area contributed by atoms with Crippen LogP contribution in [-0.4, -0.2) is 39.5 Å². The van der Waals surface area contributed by atoms with Crippen molar-refractivity contribution < 1.29 is 21.6 Å². The topological polar surface area (TPSA) is 105 Å². The van der Waals surface area contributed by atoms with E-state index in [9.17, 15) is 12.8 Å². The van der Waals surface area contributed by atoms with Gasteiger partial charge in [0.15, 0.2) is 21.5 Å². The zero-order valence-corrected chi connectivity index (χ0v) is 17.2. The summed E-state index contributed by atoms with van der Waals surface area (Å²) in [5.41, 5.74) is 0.897. The molecule has 0 aliphatic rings. The summed E-state index contributed by atoms with van der Waals surface area (Å²) in [5, 5.41) is 13.5. The maximum absolute atomic E-state index is 15.1.